The van der Waals surface area contributed by atoms with Crippen molar-refractivity contribution in [3.63, 3.8) is 0 Å². The minimum atomic E-state index is 0.692. The molecule has 84 valence electrons. The molecule has 3 nitrogen and oxygen atoms in total. The molecule has 1 aromatic rings. The van der Waals surface area contributed by atoms with Crippen molar-refractivity contribution in [3.05, 3.63) is 9.98 Å². The largest absolute Gasteiger partial charge is 0.350 e. The Bertz CT molecular complexity index is 328. The highest BCUT2D eigenvalue weighted by Crippen LogP contribution is 2.24. The lowest BCUT2D eigenvalue weighted by molar-refractivity contribution is 0.314. The molecule has 0 bridgehead atoms. The zero-order valence-electron chi connectivity index (χ0n) is 9.11. The summed E-state index contributed by atoms with van der Waals surface area (Å²) in [5, 5.41) is 3.13. The summed E-state index contributed by atoms with van der Waals surface area (Å²) in [7, 11) is 4.33. The molecule has 0 aromatic carbocycles. The van der Waals surface area contributed by atoms with Crippen LogP contribution < -0.4 is 4.90 Å². The lowest BCUT2D eigenvalue weighted by Crippen LogP contribution is -2.36. The SMILES string of the molecule is CN(CC1CCCN1C)c1nc(Br)cs1. The maximum absolute atomic E-state index is 4.42. The predicted octanol–water partition coefficient (Wildman–Crippen LogP) is 2.44. The molecule has 0 saturated carbocycles. The lowest BCUT2D eigenvalue weighted by atomic mass is 10.2. The number of hydrogen-bond donors (Lipinski definition) is 0. The van der Waals surface area contributed by atoms with E-state index in [0.717, 1.165) is 16.3 Å². The van der Waals surface area contributed by atoms with E-state index in [1.807, 2.05) is 5.38 Å². The number of likely N-dealkylation sites (N-methyl/N-ethyl adjacent to an activating group) is 2. The molecule has 1 fully saturated rings. The van der Waals surface area contributed by atoms with Crippen LogP contribution in [0.15, 0.2) is 9.98 Å². The van der Waals surface area contributed by atoms with Crippen LogP contribution in [0.3, 0.4) is 0 Å². The first-order valence-corrected chi connectivity index (χ1v) is 6.86. The fourth-order valence-electron chi connectivity index (χ4n) is 2.02. The minimum Gasteiger partial charge on any atom is -0.350 e. The first-order chi connectivity index (χ1) is 7.16. The summed E-state index contributed by atoms with van der Waals surface area (Å²) < 4.78 is 0.939. The number of nitrogens with zero attached hydrogens (tertiary/aromatic N) is 3. The van der Waals surface area contributed by atoms with Gasteiger partial charge in [0, 0.05) is 25.0 Å². The van der Waals surface area contributed by atoms with Gasteiger partial charge in [0.2, 0.25) is 0 Å². The van der Waals surface area contributed by atoms with Crippen LogP contribution in [-0.2, 0) is 0 Å². The third kappa shape index (κ3) is 2.71. The molecule has 0 amide bonds. The number of rotatable bonds is 3. The van der Waals surface area contributed by atoms with E-state index >= 15 is 0 Å². The van der Waals surface area contributed by atoms with Crippen molar-refractivity contribution in [1.82, 2.24) is 9.88 Å². The highest BCUT2D eigenvalue weighted by atomic mass is 79.9. The van der Waals surface area contributed by atoms with Crippen molar-refractivity contribution in [2.45, 2.75) is 18.9 Å². The van der Waals surface area contributed by atoms with Crippen LogP contribution in [-0.4, -0.2) is 43.1 Å². The van der Waals surface area contributed by atoms with Gasteiger partial charge < -0.3 is 9.80 Å². The maximum Gasteiger partial charge on any atom is 0.186 e. The minimum absolute atomic E-state index is 0.692. The Hall–Kier alpha value is -0.130. The third-order valence-electron chi connectivity index (χ3n) is 2.95. The molecular weight excluding hydrogens is 274 g/mol. The summed E-state index contributed by atoms with van der Waals surface area (Å²) in [6.45, 7) is 2.32. The summed E-state index contributed by atoms with van der Waals surface area (Å²) >= 11 is 5.08. The Morgan fingerprint density at radius 3 is 3.07 bits per heavy atom. The Balaban J connectivity index is 1.94. The molecule has 15 heavy (non-hydrogen) atoms. The fraction of sp³-hybridized carbons (Fsp3) is 0.700. The zero-order valence-corrected chi connectivity index (χ0v) is 11.5. The van der Waals surface area contributed by atoms with Crippen LogP contribution in [0.4, 0.5) is 5.13 Å². The molecule has 5 heteroatoms. The number of anilines is 1. The number of aromatic nitrogens is 1. The van der Waals surface area contributed by atoms with Gasteiger partial charge in [0.05, 0.1) is 0 Å². The van der Waals surface area contributed by atoms with Crippen molar-refractivity contribution >= 4 is 32.4 Å². The Kier molecular flexibility index (Phi) is 3.64. The van der Waals surface area contributed by atoms with E-state index in [2.05, 4.69) is 44.8 Å². The van der Waals surface area contributed by atoms with Crippen LogP contribution >= 0.6 is 27.3 Å². The number of likely N-dealkylation sites (tertiary alicyclic amines) is 1. The van der Waals surface area contributed by atoms with E-state index in [-0.39, 0.29) is 0 Å². The van der Waals surface area contributed by atoms with Gasteiger partial charge in [0.25, 0.3) is 0 Å². The van der Waals surface area contributed by atoms with Gasteiger partial charge in [-0.15, -0.1) is 11.3 Å². The summed E-state index contributed by atoms with van der Waals surface area (Å²) in [6.07, 6.45) is 2.64. The van der Waals surface area contributed by atoms with Gasteiger partial charge >= 0.3 is 0 Å². The van der Waals surface area contributed by atoms with Crippen LogP contribution in [0.5, 0.6) is 0 Å². The van der Waals surface area contributed by atoms with Gasteiger partial charge in [-0.1, -0.05) is 0 Å². The van der Waals surface area contributed by atoms with Crippen molar-refractivity contribution in [3.8, 4) is 0 Å². The quantitative estimate of drug-likeness (QED) is 0.852. The van der Waals surface area contributed by atoms with Gasteiger partial charge in [0.15, 0.2) is 5.13 Å². The molecule has 0 N–H and O–H groups in total. The summed E-state index contributed by atoms with van der Waals surface area (Å²) in [4.78, 5) is 9.12. The molecule has 1 aromatic heterocycles. The van der Waals surface area contributed by atoms with Crippen molar-refractivity contribution in [1.29, 1.82) is 0 Å². The zero-order chi connectivity index (χ0) is 10.8. The van der Waals surface area contributed by atoms with Gasteiger partial charge in [0.1, 0.15) is 4.60 Å². The molecule has 0 spiro atoms. The molecule has 1 aliphatic heterocycles. The second kappa shape index (κ2) is 4.80. The van der Waals surface area contributed by atoms with E-state index in [1.54, 1.807) is 11.3 Å². The first kappa shape index (κ1) is 11.4. The highest BCUT2D eigenvalue weighted by Gasteiger charge is 2.22. The van der Waals surface area contributed by atoms with E-state index in [1.165, 1.54) is 19.4 Å². The van der Waals surface area contributed by atoms with Crippen molar-refractivity contribution < 1.29 is 0 Å². The fourth-order valence-corrected chi connectivity index (χ4v) is 3.25. The molecule has 1 aliphatic rings. The van der Waals surface area contributed by atoms with Crippen LogP contribution in [0.2, 0.25) is 0 Å². The van der Waals surface area contributed by atoms with Gasteiger partial charge in [-0.05, 0) is 42.4 Å². The van der Waals surface area contributed by atoms with Crippen LogP contribution in [0, 0.1) is 0 Å². The highest BCUT2D eigenvalue weighted by molar-refractivity contribution is 9.10. The molecule has 2 rings (SSSR count). The maximum atomic E-state index is 4.42. The Morgan fingerprint density at radius 2 is 2.53 bits per heavy atom. The molecule has 1 atom stereocenters. The van der Waals surface area contributed by atoms with Gasteiger partial charge in [-0.25, -0.2) is 4.98 Å². The van der Waals surface area contributed by atoms with Crippen LogP contribution in [0.25, 0.3) is 0 Å². The molecule has 1 unspecified atom stereocenters. The van der Waals surface area contributed by atoms with E-state index in [9.17, 15) is 0 Å². The smallest absolute Gasteiger partial charge is 0.186 e. The number of hydrogen-bond acceptors (Lipinski definition) is 4. The third-order valence-corrected chi connectivity index (χ3v) is 4.61. The van der Waals surface area contributed by atoms with Gasteiger partial charge in [-0.3, -0.25) is 0 Å². The molecule has 1 saturated heterocycles. The van der Waals surface area contributed by atoms with Crippen molar-refractivity contribution in [2.75, 3.05) is 32.1 Å². The van der Waals surface area contributed by atoms with E-state index in [4.69, 9.17) is 0 Å². The average molecular weight is 290 g/mol. The lowest BCUT2D eigenvalue weighted by Gasteiger charge is -2.25. The number of thiazole rings is 1. The predicted molar refractivity (Wildman–Crippen MR) is 68.7 cm³/mol. The van der Waals surface area contributed by atoms with E-state index < -0.39 is 0 Å². The van der Waals surface area contributed by atoms with Crippen molar-refractivity contribution in [2.24, 2.45) is 0 Å². The normalized spacial score (nSPS) is 22.2. The molecule has 2 heterocycles. The topological polar surface area (TPSA) is 19.4 Å². The average Bonchev–Trinajstić information content (AvgIpc) is 2.77. The second-order valence-electron chi connectivity index (χ2n) is 4.11. The number of halogens is 1. The first-order valence-electron chi connectivity index (χ1n) is 5.19. The summed E-state index contributed by atoms with van der Waals surface area (Å²) in [5.41, 5.74) is 0. The monoisotopic (exact) mass is 289 g/mol. The standard InChI is InChI=1S/C10H16BrN3S/c1-13-5-3-4-8(13)6-14(2)10-12-9(11)7-15-10/h7-8H,3-6H2,1-2H3. The summed E-state index contributed by atoms with van der Waals surface area (Å²) in [5.74, 6) is 0. The second-order valence-corrected chi connectivity index (χ2v) is 5.76. The van der Waals surface area contributed by atoms with Crippen LogP contribution in [0.1, 0.15) is 12.8 Å². The molecular formula is C10H16BrN3S. The van der Waals surface area contributed by atoms with Gasteiger partial charge in [-0.2, -0.15) is 0 Å². The Morgan fingerprint density at radius 1 is 1.73 bits per heavy atom. The summed E-state index contributed by atoms with van der Waals surface area (Å²) in [6, 6.07) is 0.692. The Labute approximate surface area is 103 Å². The van der Waals surface area contributed by atoms with E-state index in [0.29, 0.717) is 6.04 Å². The molecule has 0 aliphatic carbocycles. The molecule has 0 radical (unpaired) electrons.